The van der Waals surface area contributed by atoms with Gasteiger partial charge in [0.1, 0.15) is 11.3 Å². The Kier molecular flexibility index (Phi) is 5.34. The summed E-state index contributed by atoms with van der Waals surface area (Å²) >= 11 is 0. The first kappa shape index (κ1) is 19.4. The standard InChI is InChI=1S/C23H22N4O3/c1-15-14-16(2)27(26-15)18-7-5-17(6-8-18)11-12-24-22(28)19-9-10-20(25-23(19)29)21-4-3-13-30-21/h3-10,13-14H,11-12H2,1-2H3,(H,24,28)(H,25,29). The van der Waals surface area contributed by atoms with Crippen LogP contribution in [0.4, 0.5) is 0 Å². The Balaban J connectivity index is 1.36. The second kappa shape index (κ2) is 8.24. The molecule has 0 atom stereocenters. The number of aryl methyl sites for hydroxylation is 2. The molecule has 0 radical (unpaired) electrons. The molecular weight excluding hydrogens is 380 g/mol. The van der Waals surface area contributed by atoms with Crippen LogP contribution in [0.15, 0.2) is 70.1 Å². The molecule has 0 spiro atoms. The second-order valence-corrected chi connectivity index (χ2v) is 7.10. The Bertz CT molecular complexity index is 1220. The summed E-state index contributed by atoms with van der Waals surface area (Å²) in [6, 6.07) is 16.7. The third kappa shape index (κ3) is 4.10. The minimum Gasteiger partial charge on any atom is -0.463 e. The zero-order chi connectivity index (χ0) is 21.1. The van der Waals surface area contributed by atoms with Crippen LogP contribution in [0.5, 0.6) is 0 Å². The number of amides is 1. The highest BCUT2D eigenvalue weighted by atomic mass is 16.3. The van der Waals surface area contributed by atoms with Crippen molar-refractivity contribution >= 4 is 5.91 Å². The Morgan fingerprint density at radius 1 is 1.13 bits per heavy atom. The van der Waals surface area contributed by atoms with Gasteiger partial charge >= 0.3 is 0 Å². The van der Waals surface area contributed by atoms with Gasteiger partial charge in [0.05, 0.1) is 23.3 Å². The van der Waals surface area contributed by atoms with Crippen molar-refractivity contribution in [3.05, 3.63) is 93.7 Å². The van der Waals surface area contributed by atoms with Crippen LogP contribution in [0, 0.1) is 13.8 Å². The number of hydrogen-bond donors (Lipinski definition) is 2. The van der Waals surface area contributed by atoms with Crippen LogP contribution in [0.2, 0.25) is 0 Å². The normalized spacial score (nSPS) is 10.9. The van der Waals surface area contributed by atoms with Crippen LogP contribution in [-0.4, -0.2) is 27.2 Å². The summed E-state index contributed by atoms with van der Waals surface area (Å²) in [6.07, 6.45) is 2.18. The Hall–Kier alpha value is -3.87. The molecule has 7 heteroatoms. The fourth-order valence-electron chi connectivity index (χ4n) is 3.34. The van der Waals surface area contributed by atoms with Crippen LogP contribution >= 0.6 is 0 Å². The van der Waals surface area contributed by atoms with Crippen LogP contribution in [0.1, 0.15) is 27.3 Å². The van der Waals surface area contributed by atoms with E-state index < -0.39 is 11.5 Å². The van der Waals surface area contributed by atoms with Crippen molar-refractivity contribution < 1.29 is 9.21 Å². The Morgan fingerprint density at radius 2 is 1.93 bits per heavy atom. The molecule has 3 aromatic heterocycles. The molecule has 0 unspecified atom stereocenters. The number of aromatic nitrogens is 3. The van der Waals surface area contributed by atoms with Crippen molar-refractivity contribution in [2.24, 2.45) is 0 Å². The van der Waals surface area contributed by atoms with E-state index in [9.17, 15) is 9.59 Å². The van der Waals surface area contributed by atoms with Gasteiger partial charge in [0, 0.05) is 12.2 Å². The number of H-pyrrole nitrogens is 1. The quantitative estimate of drug-likeness (QED) is 0.517. The molecule has 0 bridgehead atoms. The first-order valence-electron chi connectivity index (χ1n) is 9.69. The lowest BCUT2D eigenvalue weighted by atomic mass is 10.1. The SMILES string of the molecule is Cc1cc(C)n(-c2ccc(CCNC(=O)c3ccc(-c4ccco4)[nH]c3=O)cc2)n1. The summed E-state index contributed by atoms with van der Waals surface area (Å²) < 4.78 is 7.16. The second-order valence-electron chi connectivity index (χ2n) is 7.10. The number of nitrogens with zero attached hydrogens (tertiary/aromatic N) is 2. The predicted octanol–water partition coefficient (Wildman–Crippen LogP) is 3.41. The van der Waals surface area contributed by atoms with E-state index in [1.54, 1.807) is 18.2 Å². The molecule has 3 heterocycles. The van der Waals surface area contributed by atoms with Gasteiger partial charge in [-0.15, -0.1) is 0 Å². The fraction of sp³-hybridized carbons (Fsp3) is 0.174. The number of nitrogens with one attached hydrogen (secondary N) is 2. The zero-order valence-corrected chi connectivity index (χ0v) is 16.8. The van der Waals surface area contributed by atoms with Crippen LogP contribution in [-0.2, 0) is 6.42 Å². The molecule has 4 aromatic rings. The smallest absolute Gasteiger partial charge is 0.261 e. The highest BCUT2D eigenvalue weighted by molar-refractivity contribution is 5.94. The molecule has 1 amide bonds. The fourth-order valence-corrected chi connectivity index (χ4v) is 3.34. The van der Waals surface area contributed by atoms with E-state index in [0.717, 1.165) is 22.6 Å². The minimum atomic E-state index is -0.448. The number of rotatable bonds is 6. The van der Waals surface area contributed by atoms with Gasteiger partial charge in [0.2, 0.25) is 0 Å². The van der Waals surface area contributed by atoms with Crippen molar-refractivity contribution in [3.63, 3.8) is 0 Å². The van der Waals surface area contributed by atoms with E-state index in [1.807, 2.05) is 48.9 Å². The summed E-state index contributed by atoms with van der Waals surface area (Å²) in [5.74, 6) is 0.143. The molecule has 4 rings (SSSR count). The number of hydrogen-bond acceptors (Lipinski definition) is 4. The molecule has 0 aliphatic carbocycles. The van der Waals surface area contributed by atoms with E-state index in [1.165, 1.54) is 12.3 Å². The average Bonchev–Trinajstić information content (AvgIpc) is 3.38. The third-order valence-electron chi connectivity index (χ3n) is 4.83. The molecule has 1 aromatic carbocycles. The molecule has 0 aliphatic heterocycles. The molecule has 0 aliphatic rings. The molecule has 7 nitrogen and oxygen atoms in total. The largest absolute Gasteiger partial charge is 0.463 e. The van der Waals surface area contributed by atoms with E-state index in [2.05, 4.69) is 15.4 Å². The third-order valence-corrected chi connectivity index (χ3v) is 4.83. The van der Waals surface area contributed by atoms with Crippen molar-refractivity contribution in [2.75, 3.05) is 6.54 Å². The lowest BCUT2D eigenvalue weighted by Crippen LogP contribution is -2.31. The highest BCUT2D eigenvalue weighted by Gasteiger charge is 2.12. The predicted molar refractivity (Wildman–Crippen MR) is 114 cm³/mol. The van der Waals surface area contributed by atoms with Gasteiger partial charge in [0.15, 0.2) is 0 Å². The average molecular weight is 402 g/mol. The van der Waals surface area contributed by atoms with Crippen LogP contribution in [0.25, 0.3) is 17.1 Å². The van der Waals surface area contributed by atoms with Gasteiger partial charge in [-0.3, -0.25) is 9.59 Å². The monoisotopic (exact) mass is 402 g/mol. The molecular formula is C23H22N4O3. The number of aromatic amines is 1. The number of benzene rings is 1. The lowest BCUT2D eigenvalue weighted by Gasteiger charge is -2.08. The van der Waals surface area contributed by atoms with Gasteiger partial charge in [0.25, 0.3) is 11.5 Å². The topological polar surface area (TPSA) is 92.9 Å². The van der Waals surface area contributed by atoms with E-state index in [-0.39, 0.29) is 5.56 Å². The van der Waals surface area contributed by atoms with Crippen LogP contribution in [0.3, 0.4) is 0 Å². The summed E-state index contributed by atoms with van der Waals surface area (Å²) in [4.78, 5) is 27.3. The molecule has 0 fully saturated rings. The molecule has 0 saturated carbocycles. The maximum Gasteiger partial charge on any atom is 0.261 e. The summed E-state index contributed by atoms with van der Waals surface area (Å²) in [7, 11) is 0. The van der Waals surface area contributed by atoms with Crippen molar-refractivity contribution in [1.82, 2.24) is 20.1 Å². The highest BCUT2D eigenvalue weighted by Crippen LogP contribution is 2.16. The van der Waals surface area contributed by atoms with Crippen LogP contribution < -0.4 is 10.9 Å². The number of carbonyl (C=O) groups excluding carboxylic acids is 1. The van der Waals surface area contributed by atoms with Gasteiger partial charge in [-0.25, -0.2) is 4.68 Å². The van der Waals surface area contributed by atoms with Gasteiger partial charge < -0.3 is 14.7 Å². The van der Waals surface area contributed by atoms with E-state index >= 15 is 0 Å². The van der Waals surface area contributed by atoms with E-state index in [0.29, 0.717) is 24.4 Å². The molecule has 0 saturated heterocycles. The summed E-state index contributed by atoms with van der Waals surface area (Å²) in [5.41, 5.74) is 4.30. The summed E-state index contributed by atoms with van der Waals surface area (Å²) in [6.45, 7) is 4.42. The number of furan rings is 1. The Morgan fingerprint density at radius 3 is 2.57 bits per heavy atom. The summed E-state index contributed by atoms with van der Waals surface area (Å²) in [5, 5.41) is 7.28. The first-order chi connectivity index (χ1) is 14.5. The molecule has 2 N–H and O–H groups in total. The Labute approximate surface area is 173 Å². The molecule has 30 heavy (non-hydrogen) atoms. The zero-order valence-electron chi connectivity index (χ0n) is 16.8. The van der Waals surface area contributed by atoms with E-state index in [4.69, 9.17) is 4.42 Å². The molecule has 152 valence electrons. The van der Waals surface area contributed by atoms with Crippen molar-refractivity contribution in [1.29, 1.82) is 0 Å². The number of pyridine rings is 1. The van der Waals surface area contributed by atoms with Crippen molar-refractivity contribution in [2.45, 2.75) is 20.3 Å². The minimum absolute atomic E-state index is 0.0742. The maximum atomic E-state index is 12.4. The van der Waals surface area contributed by atoms with Gasteiger partial charge in [-0.2, -0.15) is 5.10 Å². The van der Waals surface area contributed by atoms with Gasteiger partial charge in [-0.1, -0.05) is 12.1 Å². The van der Waals surface area contributed by atoms with Crippen molar-refractivity contribution in [3.8, 4) is 17.1 Å². The lowest BCUT2D eigenvalue weighted by molar-refractivity contribution is 0.0952. The number of carbonyl (C=O) groups is 1. The first-order valence-corrected chi connectivity index (χ1v) is 9.69. The van der Waals surface area contributed by atoms with Gasteiger partial charge in [-0.05, 0) is 68.3 Å². The maximum absolute atomic E-state index is 12.4.